The summed E-state index contributed by atoms with van der Waals surface area (Å²) in [6.07, 6.45) is 6.38. The Hall–Kier alpha value is -1.42. The Morgan fingerprint density at radius 3 is 2.80 bits per heavy atom. The molecule has 0 saturated heterocycles. The number of hydrogen-bond donors (Lipinski definition) is 1. The van der Waals surface area contributed by atoms with Crippen molar-refractivity contribution in [2.24, 2.45) is 5.73 Å². The smallest absolute Gasteiger partial charge is 0.125 e. The van der Waals surface area contributed by atoms with Gasteiger partial charge in [0, 0.05) is 24.6 Å². The molecule has 0 bridgehead atoms. The van der Waals surface area contributed by atoms with Crippen LogP contribution in [0.2, 0.25) is 0 Å². The van der Waals surface area contributed by atoms with Crippen LogP contribution in [0.4, 0.5) is 4.39 Å². The molecule has 1 saturated carbocycles. The van der Waals surface area contributed by atoms with E-state index in [0.29, 0.717) is 0 Å². The second kappa shape index (κ2) is 5.17. The van der Waals surface area contributed by atoms with Crippen molar-refractivity contribution in [2.75, 3.05) is 0 Å². The van der Waals surface area contributed by atoms with Gasteiger partial charge in [-0.1, -0.05) is 19.8 Å². The summed E-state index contributed by atoms with van der Waals surface area (Å²) >= 11 is 0. The fourth-order valence-electron chi connectivity index (χ4n) is 3.33. The van der Waals surface area contributed by atoms with E-state index in [1.807, 2.05) is 6.07 Å². The van der Waals surface area contributed by atoms with Gasteiger partial charge in [0.2, 0.25) is 0 Å². The normalized spacial score (nSPS) is 17.9. The van der Waals surface area contributed by atoms with Gasteiger partial charge in [0.15, 0.2) is 0 Å². The highest BCUT2D eigenvalue weighted by atomic mass is 19.1. The van der Waals surface area contributed by atoms with Crippen LogP contribution in [0.5, 0.6) is 0 Å². The van der Waals surface area contributed by atoms with Crippen molar-refractivity contribution in [1.82, 2.24) is 9.55 Å². The van der Waals surface area contributed by atoms with Crippen molar-refractivity contribution in [3.63, 3.8) is 0 Å². The van der Waals surface area contributed by atoms with Crippen molar-refractivity contribution >= 4 is 11.0 Å². The van der Waals surface area contributed by atoms with Crippen LogP contribution in [0.25, 0.3) is 11.0 Å². The minimum absolute atomic E-state index is 0.120. The maximum absolute atomic E-state index is 13.4. The van der Waals surface area contributed by atoms with E-state index >= 15 is 0 Å². The molecule has 0 amide bonds. The number of halogens is 1. The minimum atomic E-state index is -0.228. The Morgan fingerprint density at radius 2 is 2.10 bits per heavy atom. The number of aromatic nitrogens is 2. The molecule has 3 rings (SSSR count). The Bertz CT molecular complexity index is 611. The SMILES string of the molecule is CCCn1c(CC2(N)CCCC2)nc2cc(F)ccc21. The fourth-order valence-corrected chi connectivity index (χ4v) is 3.33. The summed E-state index contributed by atoms with van der Waals surface area (Å²) < 4.78 is 15.6. The molecule has 1 aromatic heterocycles. The van der Waals surface area contributed by atoms with Crippen LogP contribution in [0.3, 0.4) is 0 Å². The fraction of sp³-hybridized carbons (Fsp3) is 0.562. The first-order valence-corrected chi connectivity index (χ1v) is 7.55. The first-order chi connectivity index (χ1) is 9.61. The van der Waals surface area contributed by atoms with Gasteiger partial charge in [0.25, 0.3) is 0 Å². The van der Waals surface area contributed by atoms with Gasteiger partial charge in [-0.05, 0) is 31.4 Å². The molecule has 20 heavy (non-hydrogen) atoms. The van der Waals surface area contributed by atoms with Gasteiger partial charge in [-0.2, -0.15) is 0 Å². The van der Waals surface area contributed by atoms with Crippen LogP contribution in [0.15, 0.2) is 18.2 Å². The van der Waals surface area contributed by atoms with Gasteiger partial charge < -0.3 is 10.3 Å². The first-order valence-electron chi connectivity index (χ1n) is 7.55. The Balaban J connectivity index is 2.02. The largest absolute Gasteiger partial charge is 0.328 e. The number of nitrogens with two attached hydrogens (primary N) is 1. The summed E-state index contributed by atoms with van der Waals surface area (Å²) in [5.74, 6) is 0.783. The Kier molecular flexibility index (Phi) is 3.50. The molecule has 1 heterocycles. The van der Waals surface area contributed by atoms with Crippen molar-refractivity contribution in [3.05, 3.63) is 29.8 Å². The topological polar surface area (TPSA) is 43.8 Å². The van der Waals surface area contributed by atoms with E-state index in [-0.39, 0.29) is 11.4 Å². The lowest BCUT2D eigenvalue weighted by Crippen LogP contribution is -2.39. The highest BCUT2D eigenvalue weighted by Gasteiger charge is 2.31. The quantitative estimate of drug-likeness (QED) is 0.929. The molecule has 0 atom stereocenters. The van der Waals surface area contributed by atoms with Crippen LogP contribution in [-0.4, -0.2) is 15.1 Å². The summed E-state index contributed by atoms with van der Waals surface area (Å²) in [7, 11) is 0. The summed E-state index contributed by atoms with van der Waals surface area (Å²) in [6.45, 7) is 3.06. The van der Waals surface area contributed by atoms with Crippen LogP contribution in [-0.2, 0) is 13.0 Å². The standard InChI is InChI=1S/C16H22FN3/c1-2-9-20-14-6-5-12(17)10-13(14)19-15(20)11-16(18)7-3-4-8-16/h5-6,10H,2-4,7-9,11,18H2,1H3. The molecule has 0 radical (unpaired) electrons. The number of imidazole rings is 1. The minimum Gasteiger partial charge on any atom is -0.328 e. The lowest BCUT2D eigenvalue weighted by Gasteiger charge is -2.23. The molecule has 0 aliphatic heterocycles. The molecule has 108 valence electrons. The molecular weight excluding hydrogens is 253 g/mol. The number of benzene rings is 1. The molecule has 1 aromatic carbocycles. The predicted molar refractivity (Wildman–Crippen MR) is 79.1 cm³/mol. The average Bonchev–Trinajstić information content (AvgIpc) is 2.95. The van der Waals surface area contributed by atoms with E-state index in [4.69, 9.17) is 5.73 Å². The zero-order valence-corrected chi connectivity index (χ0v) is 12.0. The van der Waals surface area contributed by atoms with Crippen LogP contribution in [0.1, 0.15) is 44.9 Å². The molecule has 1 aliphatic rings. The van der Waals surface area contributed by atoms with E-state index in [2.05, 4.69) is 16.5 Å². The van der Waals surface area contributed by atoms with Crippen molar-refractivity contribution < 1.29 is 4.39 Å². The van der Waals surface area contributed by atoms with Crippen LogP contribution >= 0.6 is 0 Å². The number of aryl methyl sites for hydroxylation is 1. The third-order valence-corrected chi connectivity index (χ3v) is 4.35. The van der Waals surface area contributed by atoms with Crippen molar-refractivity contribution in [1.29, 1.82) is 0 Å². The second-order valence-electron chi connectivity index (χ2n) is 6.06. The number of fused-ring (bicyclic) bond motifs is 1. The van der Waals surface area contributed by atoms with Crippen LogP contribution < -0.4 is 5.73 Å². The van der Waals surface area contributed by atoms with E-state index in [9.17, 15) is 4.39 Å². The van der Waals surface area contributed by atoms with Crippen molar-refractivity contribution in [3.8, 4) is 0 Å². The maximum Gasteiger partial charge on any atom is 0.125 e. The monoisotopic (exact) mass is 275 g/mol. The predicted octanol–water partition coefficient (Wildman–Crippen LogP) is 3.40. The molecule has 3 nitrogen and oxygen atoms in total. The molecular formula is C16H22FN3. The molecule has 2 N–H and O–H groups in total. The summed E-state index contributed by atoms with van der Waals surface area (Å²) in [5, 5.41) is 0. The molecule has 1 aliphatic carbocycles. The lowest BCUT2D eigenvalue weighted by atomic mass is 9.94. The van der Waals surface area contributed by atoms with Gasteiger partial charge in [-0.3, -0.25) is 0 Å². The number of rotatable bonds is 4. The van der Waals surface area contributed by atoms with Gasteiger partial charge in [-0.15, -0.1) is 0 Å². The molecule has 0 spiro atoms. The maximum atomic E-state index is 13.4. The average molecular weight is 275 g/mol. The van der Waals surface area contributed by atoms with Crippen molar-refractivity contribution in [2.45, 2.75) is 57.5 Å². The lowest BCUT2D eigenvalue weighted by molar-refractivity contribution is 0.418. The van der Waals surface area contributed by atoms with E-state index in [0.717, 1.165) is 49.1 Å². The third-order valence-electron chi connectivity index (χ3n) is 4.35. The molecule has 4 heteroatoms. The van der Waals surface area contributed by atoms with E-state index in [1.54, 1.807) is 0 Å². The molecule has 1 fully saturated rings. The van der Waals surface area contributed by atoms with Gasteiger partial charge in [-0.25, -0.2) is 9.37 Å². The zero-order valence-electron chi connectivity index (χ0n) is 12.0. The summed E-state index contributed by atoms with van der Waals surface area (Å²) in [4.78, 5) is 4.64. The Labute approximate surface area is 119 Å². The number of hydrogen-bond acceptors (Lipinski definition) is 2. The van der Waals surface area contributed by atoms with Crippen LogP contribution in [0, 0.1) is 5.82 Å². The Morgan fingerprint density at radius 1 is 1.35 bits per heavy atom. The van der Waals surface area contributed by atoms with E-state index in [1.165, 1.54) is 25.0 Å². The summed E-state index contributed by atoms with van der Waals surface area (Å²) in [5.41, 5.74) is 8.12. The first kappa shape index (κ1) is 13.6. The van der Waals surface area contributed by atoms with E-state index < -0.39 is 0 Å². The highest BCUT2D eigenvalue weighted by Crippen LogP contribution is 2.31. The number of nitrogens with zero attached hydrogens (tertiary/aromatic N) is 2. The van der Waals surface area contributed by atoms with Gasteiger partial charge in [0.1, 0.15) is 11.6 Å². The van der Waals surface area contributed by atoms with Gasteiger partial charge >= 0.3 is 0 Å². The second-order valence-corrected chi connectivity index (χ2v) is 6.06. The zero-order chi connectivity index (χ0) is 14.2. The summed E-state index contributed by atoms with van der Waals surface area (Å²) in [6, 6.07) is 4.85. The third kappa shape index (κ3) is 2.44. The molecule has 0 unspecified atom stereocenters. The molecule has 2 aromatic rings. The highest BCUT2D eigenvalue weighted by molar-refractivity contribution is 5.76. The van der Waals surface area contributed by atoms with Gasteiger partial charge in [0.05, 0.1) is 11.0 Å².